The van der Waals surface area contributed by atoms with Crippen molar-refractivity contribution in [3.05, 3.63) is 123 Å². The number of carbonyl (C=O) groups excluding carboxylic acids is 3. The van der Waals surface area contributed by atoms with Crippen LogP contribution in [0.15, 0.2) is 96.4 Å². The third-order valence-electron chi connectivity index (χ3n) is 7.38. The largest absolute Gasteiger partial charge is 0.497 e. The Morgan fingerprint density at radius 3 is 2.27 bits per heavy atom. The van der Waals surface area contributed by atoms with Crippen LogP contribution in [0.5, 0.6) is 5.75 Å². The van der Waals surface area contributed by atoms with Crippen molar-refractivity contribution < 1.29 is 19.1 Å². The van der Waals surface area contributed by atoms with E-state index in [0.29, 0.717) is 21.2 Å². The molecule has 4 aromatic rings. The second kappa shape index (κ2) is 12.3. The predicted molar refractivity (Wildman–Crippen MR) is 162 cm³/mol. The minimum absolute atomic E-state index is 0.114. The number of hydrogen-bond donors (Lipinski definition) is 1. The fourth-order valence-electron chi connectivity index (χ4n) is 5.71. The van der Waals surface area contributed by atoms with Crippen LogP contribution in [0.25, 0.3) is 0 Å². The average molecular weight is 587 g/mol. The van der Waals surface area contributed by atoms with Gasteiger partial charge in [-0.3, -0.25) is 14.4 Å². The molecule has 4 atom stereocenters. The molecule has 2 heterocycles. The Morgan fingerprint density at radius 1 is 0.902 bits per heavy atom. The van der Waals surface area contributed by atoms with Gasteiger partial charge in [-0.1, -0.05) is 66.2 Å². The number of ether oxygens (including phenoxy) is 1. The fraction of sp³-hybridized carbons (Fsp3) is 0.242. The summed E-state index contributed by atoms with van der Waals surface area (Å²) in [6.45, 7) is 3.75. The molecule has 6 nitrogen and oxygen atoms in total. The Balaban J connectivity index is 1.78. The Hall–Kier alpha value is -3.94. The molecule has 1 aromatic heterocycles. The third kappa shape index (κ3) is 5.78. The number of carbonyl (C=O) groups is 3. The van der Waals surface area contributed by atoms with Crippen LogP contribution in [-0.2, 0) is 4.79 Å². The molecule has 0 spiro atoms. The number of likely N-dealkylation sites (tertiary alicyclic amines) is 1. The molecule has 4 unspecified atom stereocenters. The van der Waals surface area contributed by atoms with E-state index < -0.39 is 23.9 Å². The number of nitrogens with one attached hydrogen (secondary N) is 1. The Labute approximate surface area is 248 Å². The van der Waals surface area contributed by atoms with Crippen LogP contribution in [0.2, 0.25) is 5.02 Å². The second-order valence-corrected chi connectivity index (χ2v) is 11.7. The summed E-state index contributed by atoms with van der Waals surface area (Å²) >= 11 is 7.61. The molecule has 0 radical (unpaired) electrons. The summed E-state index contributed by atoms with van der Waals surface area (Å²) in [5.74, 6) is -1.65. The molecule has 210 valence electrons. The third-order valence-corrected chi connectivity index (χ3v) is 8.52. The highest BCUT2D eigenvalue weighted by Crippen LogP contribution is 2.52. The number of thiophene rings is 1. The summed E-state index contributed by atoms with van der Waals surface area (Å²) in [5, 5.41) is 5.43. The summed E-state index contributed by atoms with van der Waals surface area (Å²) in [6.07, 6.45) is 0. The van der Waals surface area contributed by atoms with Gasteiger partial charge in [-0.05, 0) is 66.8 Å². The molecule has 41 heavy (non-hydrogen) atoms. The van der Waals surface area contributed by atoms with Crippen molar-refractivity contribution >= 4 is 40.5 Å². The van der Waals surface area contributed by atoms with E-state index in [0.717, 1.165) is 11.1 Å². The lowest BCUT2D eigenvalue weighted by molar-refractivity contribution is -0.126. The van der Waals surface area contributed by atoms with E-state index in [-0.39, 0.29) is 23.6 Å². The lowest BCUT2D eigenvalue weighted by Gasteiger charge is -2.32. The number of Topliss-reactive ketones (excluding diaryl/α,β-unsaturated/α-hetero) is 1. The second-order valence-electron chi connectivity index (χ2n) is 10.4. The monoisotopic (exact) mass is 586 g/mol. The Bertz CT molecular complexity index is 1520. The molecule has 0 saturated carbocycles. The van der Waals surface area contributed by atoms with Crippen molar-refractivity contribution in [1.82, 2.24) is 10.2 Å². The van der Waals surface area contributed by atoms with Gasteiger partial charge in [-0.2, -0.15) is 0 Å². The molecule has 2 amide bonds. The number of rotatable bonds is 8. The average Bonchev–Trinajstić information content (AvgIpc) is 3.64. The number of nitrogens with zero attached hydrogens (tertiary/aromatic N) is 1. The molecular weight excluding hydrogens is 556 g/mol. The summed E-state index contributed by atoms with van der Waals surface area (Å²) in [7, 11) is 1.54. The van der Waals surface area contributed by atoms with Gasteiger partial charge in [0.05, 0.1) is 23.9 Å². The molecule has 1 saturated heterocycles. The topological polar surface area (TPSA) is 75.7 Å². The predicted octanol–water partition coefficient (Wildman–Crippen LogP) is 6.78. The smallest absolute Gasteiger partial charge is 0.255 e. The molecule has 5 rings (SSSR count). The Morgan fingerprint density at radius 2 is 1.63 bits per heavy atom. The van der Waals surface area contributed by atoms with Gasteiger partial charge in [-0.25, -0.2) is 0 Å². The summed E-state index contributed by atoms with van der Waals surface area (Å²) < 4.78 is 5.40. The van der Waals surface area contributed by atoms with E-state index in [2.05, 4.69) is 5.32 Å². The highest BCUT2D eigenvalue weighted by Gasteiger charge is 2.57. The molecule has 8 heteroatoms. The van der Waals surface area contributed by atoms with Crippen LogP contribution in [0.3, 0.4) is 0 Å². The number of methoxy groups -OCH3 is 1. The minimum atomic E-state index is -0.976. The number of halogens is 1. The minimum Gasteiger partial charge on any atom is -0.497 e. The summed E-state index contributed by atoms with van der Waals surface area (Å²) in [6, 6.07) is 25.3. The van der Waals surface area contributed by atoms with Crippen molar-refractivity contribution in [2.24, 2.45) is 5.92 Å². The number of benzene rings is 3. The fourth-order valence-corrected chi connectivity index (χ4v) is 6.55. The van der Waals surface area contributed by atoms with Crippen LogP contribution in [0.1, 0.15) is 57.0 Å². The van der Waals surface area contributed by atoms with Gasteiger partial charge >= 0.3 is 0 Å². The van der Waals surface area contributed by atoms with Gasteiger partial charge in [0.2, 0.25) is 5.91 Å². The highest BCUT2D eigenvalue weighted by atomic mass is 35.5. The summed E-state index contributed by atoms with van der Waals surface area (Å²) in [5.41, 5.74) is 1.90. The molecule has 1 aliphatic rings. The lowest BCUT2D eigenvalue weighted by atomic mass is 9.77. The van der Waals surface area contributed by atoms with Gasteiger partial charge in [-0.15, -0.1) is 11.3 Å². The van der Waals surface area contributed by atoms with Crippen LogP contribution < -0.4 is 10.1 Å². The maximum Gasteiger partial charge on any atom is 0.255 e. The van der Waals surface area contributed by atoms with E-state index in [1.165, 1.54) is 18.4 Å². The lowest BCUT2D eigenvalue weighted by Crippen LogP contribution is -2.50. The maximum atomic E-state index is 14.5. The normalized spacial score (nSPS) is 20.2. The van der Waals surface area contributed by atoms with Crippen molar-refractivity contribution in [3.63, 3.8) is 0 Å². The standard InChI is InChI=1S/C33H31ClN2O4S/c1-20(2)35-32(38)30-27(21-14-16-24(34)17-15-21)28(31(37)26-13-8-18-41-26)29(22-9-5-4-6-10-22)36(30)33(39)23-11-7-12-25(19-23)40-3/h4-20,27-30H,1-3H3,(H,35,38). The first-order valence-electron chi connectivity index (χ1n) is 13.5. The van der Waals surface area contributed by atoms with Crippen LogP contribution in [0, 0.1) is 5.92 Å². The van der Waals surface area contributed by atoms with Crippen LogP contribution in [-0.4, -0.2) is 41.7 Å². The van der Waals surface area contributed by atoms with Gasteiger partial charge in [0.1, 0.15) is 11.8 Å². The first-order chi connectivity index (χ1) is 19.8. The molecule has 0 bridgehead atoms. The molecule has 0 aliphatic carbocycles. The zero-order valence-electron chi connectivity index (χ0n) is 23.0. The van der Waals surface area contributed by atoms with Gasteiger partial charge in [0, 0.05) is 22.5 Å². The molecule has 1 aliphatic heterocycles. The van der Waals surface area contributed by atoms with E-state index in [9.17, 15) is 14.4 Å². The molecule has 1 N–H and O–H groups in total. The molecular formula is C33H31ClN2O4S. The number of ketones is 1. The number of hydrogen-bond acceptors (Lipinski definition) is 5. The van der Waals surface area contributed by atoms with Crippen molar-refractivity contribution in [2.45, 2.75) is 37.9 Å². The SMILES string of the molecule is COc1cccc(C(=O)N2C(C(=O)NC(C)C)C(c3ccc(Cl)cc3)C(C(=O)c3cccs3)C2c2ccccc2)c1. The van der Waals surface area contributed by atoms with Gasteiger partial charge < -0.3 is 15.0 Å². The zero-order valence-corrected chi connectivity index (χ0v) is 24.6. The van der Waals surface area contributed by atoms with Gasteiger partial charge in [0.15, 0.2) is 5.78 Å². The molecule has 3 aromatic carbocycles. The first-order valence-corrected chi connectivity index (χ1v) is 14.7. The number of amides is 2. The quantitative estimate of drug-likeness (QED) is 0.231. The van der Waals surface area contributed by atoms with Gasteiger partial charge in [0.25, 0.3) is 5.91 Å². The van der Waals surface area contributed by atoms with Crippen LogP contribution in [0.4, 0.5) is 0 Å². The van der Waals surface area contributed by atoms with Crippen molar-refractivity contribution in [2.75, 3.05) is 7.11 Å². The van der Waals surface area contributed by atoms with E-state index in [1.807, 2.05) is 67.8 Å². The van der Waals surface area contributed by atoms with E-state index >= 15 is 0 Å². The maximum absolute atomic E-state index is 14.5. The molecule has 1 fully saturated rings. The Kier molecular flexibility index (Phi) is 8.57. The highest BCUT2D eigenvalue weighted by molar-refractivity contribution is 7.12. The van der Waals surface area contributed by atoms with E-state index in [1.54, 1.807) is 47.4 Å². The summed E-state index contributed by atoms with van der Waals surface area (Å²) in [4.78, 5) is 45.3. The van der Waals surface area contributed by atoms with Crippen molar-refractivity contribution in [3.8, 4) is 5.75 Å². The van der Waals surface area contributed by atoms with Crippen molar-refractivity contribution in [1.29, 1.82) is 0 Å². The van der Waals surface area contributed by atoms with E-state index in [4.69, 9.17) is 16.3 Å². The first kappa shape index (κ1) is 28.6. The van der Waals surface area contributed by atoms with Crippen LogP contribution >= 0.6 is 22.9 Å². The zero-order chi connectivity index (χ0) is 29.1.